The first-order chi connectivity index (χ1) is 9.15. The van der Waals surface area contributed by atoms with Gasteiger partial charge in [-0.3, -0.25) is 9.48 Å². The van der Waals surface area contributed by atoms with E-state index in [0.717, 1.165) is 15.8 Å². The Hall–Kier alpha value is -1.62. The average molecular weight is 323 g/mol. The Kier molecular flexibility index (Phi) is 4.37. The van der Waals surface area contributed by atoms with Gasteiger partial charge in [0, 0.05) is 13.0 Å². The highest BCUT2D eigenvalue weighted by Gasteiger charge is 2.16. The Bertz CT molecular complexity index is 593. The second kappa shape index (κ2) is 6.02. The highest BCUT2D eigenvalue weighted by atomic mass is 79.9. The van der Waals surface area contributed by atoms with E-state index in [9.17, 15) is 4.79 Å². The molecule has 0 saturated carbocycles. The molecule has 2 rings (SSSR count). The number of hydrogen-bond acceptors (Lipinski definition) is 3. The van der Waals surface area contributed by atoms with E-state index in [0.29, 0.717) is 18.7 Å². The normalized spacial score (nSPS) is 10.5. The van der Waals surface area contributed by atoms with Gasteiger partial charge in [0.05, 0.1) is 17.8 Å². The number of nitrogens with zero attached hydrogens (tertiary/aromatic N) is 2. The monoisotopic (exact) mass is 322 g/mol. The fraction of sp³-hybridized carbons (Fsp3) is 0.286. The number of hydrogen-bond donors (Lipinski definition) is 0. The number of benzene rings is 1. The summed E-state index contributed by atoms with van der Waals surface area (Å²) in [4.78, 5) is 12.3. The van der Waals surface area contributed by atoms with Gasteiger partial charge < -0.3 is 4.74 Å². The Morgan fingerprint density at radius 3 is 2.95 bits per heavy atom. The highest BCUT2D eigenvalue weighted by molar-refractivity contribution is 9.10. The van der Waals surface area contributed by atoms with E-state index in [1.165, 1.54) is 0 Å². The zero-order valence-corrected chi connectivity index (χ0v) is 12.5. The predicted molar refractivity (Wildman–Crippen MR) is 76.6 cm³/mol. The molecule has 19 heavy (non-hydrogen) atoms. The lowest BCUT2D eigenvalue weighted by molar-refractivity contribution is 0.0982. The van der Waals surface area contributed by atoms with Gasteiger partial charge in [-0.25, -0.2) is 0 Å². The number of carbonyl (C=O) groups excluding carboxylic acids is 1. The molecule has 4 nitrogen and oxygen atoms in total. The van der Waals surface area contributed by atoms with Gasteiger partial charge in [0.15, 0.2) is 5.78 Å². The van der Waals surface area contributed by atoms with Crippen LogP contribution in [-0.2, 0) is 13.0 Å². The average Bonchev–Trinajstić information content (AvgIpc) is 2.80. The third-order valence-corrected chi connectivity index (χ3v) is 3.44. The minimum atomic E-state index is 0.0412. The SMILES string of the molecule is CCn1ncc(Br)c1C(=O)Cc1cccc(OC)c1. The molecule has 0 bridgehead atoms. The van der Waals surface area contributed by atoms with Crippen LogP contribution < -0.4 is 4.74 Å². The van der Waals surface area contributed by atoms with Crippen molar-refractivity contribution in [3.8, 4) is 5.75 Å². The Morgan fingerprint density at radius 1 is 1.47 bits per heavy atom. The molecule has 2 aromatic rings. The molecule has 0 aliphatic heterocycles. The summed E-state index contributed by atoms with van der Waals surface area (Å²) in [6.07, 6.45) is 1.99. The maximum Gasteiger partial charge on any atom is 0.186 e. The standard InChI is InChI=1S/C14H15BrN2O2/c1-3-17-14(12(15)9-16-17)13(18)8-10-5-4-6-11(7-10)19-2/h4-7,9H,3,8H2,1-2H3. The van der Waals surface area contributed by atoms with Crippen molar-refractivity contribution in [3.63, 3.8) is 0 Å². The minimum absolute atomic E-state index is 0.0412. The Morgan fingerprint density at radius 2 is 2.26 bits per heavy atom. The molecule has 1 aromatic heterocycles. The van der Waals surface area contributed by atoms with E-state index >= 15 is 0 Å². The van der Waals surface area contributed by atoms with E-state index in [1.807, 2.05) is 31.2 Å². The molecule has 5 heteroatoms. The molecule has 0 fully saturated rings. The summed E-state index contributed by atoms with van der Waals surface area (Å²) in [6, 6.07) is 7.53. The molecule has 0 aliphatic carbocycles. The largest absolute Gasteiger partial charge is 0.497 e. The smallest absolute Gasteiger partial charge is 0.186 e. The maximum absolute atomic E-state index is 12.3. The summed E-state index contributed by atoms with van der Waals surface area (Å²) in [7, 11) is 1.61. The van der Waals surface area contributed by atoms with Crippen LogP contribution in [0.1, 0.15) is 23.0 Å². The zero-order chi connectivity index (χ0) is 13.8. The fourth-order valence-electron chi connectivity index (χ4n) is 1.93. The van der Waals surface area contributed by atoms with Crippen molar-refractivity contribution < 1.29 is 9.53 Å². The van der Waals surface area contributed by atoms with E-state index in [1.54, 1.807) is 18.0 Å². The second-order valence-electron chi connectivity index (χ2n) is 4.11. The quantitative estimate of drug-likeness (QED) is 0.794. The van der Waals surface area contributed by atoms with Crippen molar-refractivity contribution in [2.24, 2.45) is 0 Å². The van der Waals surface area contributed by atoms with Crippen LogP contribution in [0.5, 0.6) is 5.75 Å². The molecular formula is C14H15BrN2O2. The van der Waals surface area contributed by atoms with Crippen LogP contribution in [0, 0.1) is 0 Å². The summed E-state index contributed by atoms with van der Waals surface area (Å²) >= 11 is 3.37. The van der Waals surface area contributed by atoms with Crippen molar-refractivity contribution in [2.75, 3.05) is 7.11 Å². The maximum atomic E-state index is 12.3. The molecular weight excluding hydrogens is 308 g/mol. The third-order valence-electron chi connectivity index (χ3n) is 2.86. The molecule has 0 unspecified atom stereocenters. The molecule has 0 radical (unpaired) electrons. The summed E-state index contributed by atoms with van der Waals surface area (Å²) in [5, 5.41) is 4.15. The number of aryl methyl sites for hydroxylation is 1. The fourth-order valence-corrected chi connectivity index (χ4v) is 2.45. The van der Waals surface area contributed by atoms with Crippen LogP contribution in [0.2, 0.25) is 0 Å². The van der Waals surface area contributed by atoms with E-state index < -0.39 is 0 Å². The summed E-state index contributed by atoms with van der Waals surface area (Å²) in [6.45, 7) is 2.63. The zero-order valence-electron chi connectivity index (χ0n) is 10.9. The molecule has 0 atom stereocenters. The molecule has 0 saturated heterocycles. The lowest BCUT2D eigenvalue weighted by Gasteiger charge is -2.06. The van der Waals surface area contributed by atoms with Crippen molar-refractivity contribution in [2.45, 2.75) is 19.9 Å². The molecule has 100 valence electrons. The van der Waals surface area contributed by atoms with Gasteiger partial charge in [0.1, 0.15) is 11.4 Å². The Labute approximate surface area is 120 Å². The minimum Gasteiger partial charge on any atom is -0.497 e. The van der Waals surface area contributed by atoms with Gasteiger partial charge in [-0.05, 0) is 40.5 Å². The number of methoxy groups -OCH3 is 1. The number of ether oxygens (including phenoxy) is 1. The molecule has 0 spiro atoms. The Balaban J connectivity index is 2.23. The predicted octanol–water partition coefficient (Wildman–Crippen LogP) is 3.10. The lowest BCUT2D eigenvalue weighted by atomic mass is 10.1. The molecule has 0 N–H and O–H groups in total. The second-order valence-corrected chi connectivity index (χ2v) is 4.96. The van der Waals surface area contributed by atoms with Crippen molar-refractivity contribution in [3.05, 3.63) is 46.2 Å². The van der Waals surface area contributed by atoms with Crippen molar-refractivity contribution in [1.82, 2.24) is 9.78 Å². The van der Waals surface area contributed by atoms with Gasteiger partial charge >= 0.3 is 0 Å². The first kappa shape index (κ1) is 13.8. The van der Waals surface area contributed by atoms with Crippen LogP contribution >= 0.6 is 15.9 Å². The highest BCUT2D eigenvalue weighted by Crippen LogP contribution is 2.20. The van der Waals surface area contributed by atoms with E-state index in [-0.39, 0.29) is 5.78 Å². The molecule has 1 aromatic carbocycles. The van der Waals surface area contributed by atoms with E-state index in [2.05, 4.69) is 21.0 Å². The lowest BCUT2D eigenvalue weighted by Crippen LogP contribution is -2.12. The number of ketones is 1. The summed E-state index contributed by atoms with van der Waals surface area (Å²) in [5.41, 5.74) is 1.55. The van der Waals surface area contributed by atoms with Crippen LogP contribution in [0.3, 0.4) is 0 Å². The molecule has 1 heterocycles. The first-order valence-corrected chi connectivity index (χ1v) is 6.82. The van der Waals surface area contributed by atoms with Gasteiger partial charge in [0.2, 0.25) is 0 Å². The third kappa shape index (κ3) is 3.04. The van der Waals surface area contributed by atoms with Gasteiger partial charge in [-0.2, -0.15) is 5.10 Å². The molecule has 0 aliphatic rings. The van der Waals surface area contributed by atoms with Crippen LogP contribution in [0.4, 0.5) is 0 Å². The number of carbonyl (C=O) groups is 1. The first-order valence-electron chi connectivity index (χ1n) is 6.03. The van der Waals surface area contributed by atoms with Crippen LogP contribution in [0.25, 0.3) is 0 Å². The summed E-state index contributed by atoms with van der Waals surface area (Å²) < 4.78 is 7.60. The molecule has 0 amide bonds. The van der Waals surface area contributed by atoms with Crippen LogP contribution in [-0.4, -0.2) is 22.7 Å². The number of aromatic nitrogens is 2. The van der Waals surface area contributed by atoms with Crippen molar-refractivity contribution >= 4 is 21.7 Å². The number of Topliss-reactive ketones (excluding diaryl/α,β-unsaturated/α-hetero) is 1. The van der Waals surface area contributed by atoms with E-state index in [4.69, 9.17) is 4.74 Å². The van der Waals surface area contributed by atoms with Crippen LogP contribution in [0.15, 0.2) is 34.9 Å². The number of rotatable bonds is 5. The summed E-state index contributed by atoms with van der Waals surface area (Å²) in [5.74, 6) is 0.799. The van der Waals surface area contributed by atoms with Gasteiger partial charge in [-0.1, -0.05) is 12.1 Å². The van der Waals surface area contributed by atoms with Gasteiger partial charge in [-0.15, -0.1) is 0 Å². The number of halogens is 1. The van der Waals surface area contributed by atoms with Crippen molar-refractivity contribution in [1.29, 1.82) is 0 Å². The van der Waals surface area contributed by atoms with Gasteiger partial charge in [0.25, 0.3) is 0 Å². The topological polar surface area (TPSA) is 44.1 Å².